The first-order valence-electron chi connectivity index (χ1n) is 3.98. The van der Waals surface area contributed by atoms with Gasteiger partial charge >= 0.3 is 48.6 Å². The van der Waals surface area contributed by atoms with Gasteiger partial charge in [0, 0.05) is 0 Å². The molecule has 0 aromatic carbocycles. The summed E-state index contributed by atoms with van der Waals surface area (Å²) in [5.41, 5.74) is 0. The van der Waals surface area contributed by atoms with Crippen LogP contribution < -0.4 is 0 Å². The van der Waals surface area contributed by atoms with Crippen LogP contribution in [0.4, 0.5) is 0 Å². The molecule has 11 heavy (non-hydrogen) atoms. The van der Waals surface area contributed by atoms with E-state index in [1.165, 1.54) is 31.9 Å². The summed E-state index contributed by atoms with van der Waals surface area (Å²) < 4.78 is 2.00. The molecule has 0 spiro atoms. The van der Waals surface area contributed by atoms with Crippen LogP contribution in [0.1, 0.15) is 34.1 Å². The fourth-order valence-electron chi connectivity index (χ4n) is 0.110. The van der Waals surface area contributed by atoms with Crippen molar-refractivity contribution in [3.8, 4) is 0 Å². The number of rotatable bonds is 2. The molecule has 0 aromatic heterocycles. The normalized spacial score (nSPS) is 6.91. The second-order valence-corrected chi connectivity index (χ2v) is 2.40. The molecule has 0 aliphatic rings. The van der Waals surface area contributed by atoms with Gasteiger partial charge in [0.15, 0.2) is 0 Å². The number of hydrogen-bond acceptors (Lipinski definition) is 0. The molecule has 0 amide bonds. The number of hydrogen-bond donors (Lipinski definition) is 0. The fourth-order valence-corrected chi connectivity index (χ4v) is 0.435. The first kappa shape index (κ1) is 17.2. The average molecular weight is 323 g/mol. The van der Waals surface area contributed by atoms with E-state index in [0.29, 0.717) is 0 Å². The van der Waals surface area contributed by atoms with Crippen molar-refractivity contribution in [3.05, 3.63) is 24.8 Å². The minimum atomic E-state index is 1.25. The van der Waals surface area contributed by atoms with Gasteiger partial charge < -0.3 is 0 Å². The van der Waals surface area contributed by atoms with Gasteiger partial charge in [0.05, 0.1) is 0 Å². The molecule has 0 saturated carbocycles. The molecular weight excluding hydrogens is 304 g/mol. The van der Waals surface area contributed by atoms with Gasteiger partial charge in [0.25, 0.3) is 0 Å². The first-order valence-corrected chi connectivity index (χ1v) is 5.68. The topological polar surface area (TPSA) is 0 Å². The standard InChI is InChI=1S/C5H5.C3H8.C2H6.W/c1-3-5-4-2;1-3-2;1-2;/h1-5H;3H2,1-2H3;1-2H3;/q-1;;;. The molecule has 0 heterocycles. The van der Waals surface area contributed by atoms with Crippen molar-refractivity contribution >= 4 is 4.40 Å². The van der Waals surface area contributed by atoms with Crippen LogP contribution in [0.5, 0.6) is 0 Å². The van der Waals surface area contributed by atoms with Crippen LogP contribution in [0.3, 0.4) is 0 Å². The molecule has 0 N–H and O–H groups in total. The van der Waals surface area contributed by atoms with Crippen LogP contribution in [-0.2, 0) is 19.4 Å². The predicted molar refractivity (Wildman–Crippen MR) is 51.4 cm³/mol. The Morgan fingerprint density at radius 1 is 1.18 bits per heavy atom. The Kier molecular flexibility index (Phi) is 50.6. The van der Waals surface area contributed by atoms with Gasteiger partial charge in [-0.3, -0.25) is 0 Å². The summed E-state index contributed by atoms with van der Waals surface area (Å²) in [6.07, 6.45) is 6.47. The van der Waals surface area contributed by atoms with Gasteiger partial charge in [-0.15, -0.1) is 0 Å². The van der Waals surface area contributed by atoms with Gasteiger partial charge in [-0.25, -0.2) is 0 Å². The summed E-state index contributed by atoms with van der Waals surface area (Å²) in [7, 11) is 0. The number of allylic oxidation sites excluding steroid dienone is 3. The van der Waals surface area contributed by atoms with Crippen molar-refractivity contribution in [3.63, 3.8) is 0 Å². The summed E-state index contributed by atoms with van der Waals surface area (Å²) in [5.74, 6) is 0. The van der Waals surface area contributed by atoms with E-state index in [1.54, 1.807) is 6.08 Å². The van der Waals surface area contributed by atoms with Gasteiger partial charge in [-0.2, -0.15) is 0 Å². The molecule has 0 aliphatic carbocycles. The monoisotopic (exact) mass is 323 g/mol. The molecular formula is C10H19W-. The van der Waals surface area contributed by atoms with Crippen molar-refractivity contribution in [2.75, 3.05) is 0 Å². The van der Waals surface area contributed by atoms with Crippen LogP contribution in [0.2, 0.25) is 0 Å². The summed E-state index contributed by atoms with van der Waals surface area (Å²) in [6, 6.07) is 0. The Morgan fingerprint density at radius 3 is 1.64 bits per heavy atom. The van der Waals surface area contributed by atoms with E-state index < -0.39 is 0 Å². The van der Waals surface area contributed by atoms with E-state index in [0.717, 1.165) is 0 Å². The van der Waals surface area contributed by atoms with Crippen LogP contribution in [0.15, 0.2) is 18.2 Å². The molecule has 0 aliphatic heterocycles. The van der Waals surface area contributed by atoms with Gasteiger partial charge in [0.1, 0.15) is 0 Å². The van der Waals surface area contributed by atoms with Crippen LogP contribution in [0, 0.1) is 6.58 Å². The maximum absolute atomic E-state index is 4.99. The second-order valence-electron chi connectivity index (χ2n) is 1.42. The molecule has 0 unspecified atom stereocenters. The van der Waals surface area contributed by atoms with Crippen molar-refractivity contribution < 1.29 is 19.4 Å². The molecule has 0 atom stereocenters. The molecule has 0 nitrogen and oxygen atoms in total. The summed E-state index contributed by atoms with van der Waals surface area (Å²) in [4.78, 5) is 0. The molecule has 0 rings (SSSR count). The second kappa shape index (κ2) is 32.3. The fraction of sp³-hybridized carbons (Fsp3) is 0.500. The third-order valence-electron chi connectivity index (χ3n) is 0.301. The summed E-state index contributed by atoms with van der Waals surface area (Å²) in [6.45, 7) is 13.2. The van der Waals surface area contributed by atoms with Crippen molar-refractivity contribution in [2.45, 2.75) is 34.1 Å². The molecule has 0 fully saturated rings. The Morgan fingerprint density at radius 2 is 1.55 bits per heavy atom. The third kappa shape index (κ3) is 70.3. The molecule has 0 aromatic rings. The Labute approximate surface area is 82.8 Å². The van der Waals surface area contributed by atoms with Crippen molar-refractivity contribution in [2.24, 2.45) is 0 Å². The Balaban J connectivity index is -0.000000109. The van der Waals surface area contributed by atoms with Crippen LogP contribution >= 0.6 is 0 Å². The quantitative estimate of drug-likeness (QED) is 0.540. The van der Waals surface area contributed by atoms with Crippen molar-refractivity contribution in [1.82, 2.24) is 0 Å². The van der Waals surface area contributed by atoms with E-state index in [9.17, 15) is 0 Å². The van der Waals surface area contributed by atoms with E-state index in [1.807, 2.05) is 24.3 Å². The van der Waals surface area contributed by atoms with Gasteiger partial charge in [-0.1, -0.05) is 34.1 Å². The maximum atomic E-state index is 4.99. The molecule has 66 valence electrons. The Hall–Kier alpha value is 0.0383. The summed E-state index contributed by atoms with van der Waals surface area (Å²) >= 11 is 1.45. The molecule has 0 saturated heterocycles. The third-order valence-corrected chi connectivity index (χ3v) is 0.865. The SMILES string of the molecule is CC.CCC.[CH-]=CC=C[CH]=[W]. The van der Waals surface area contributed by atoms with E-state index >= 15 is 0 Å². The van der Waals surface area contributed by atoms with Gasteiger partial charge in [0.2, 0.25) is 0 Å². The predicted octanol–water partition coefficient (Wildman–Crippen LogP) is 3.32. The van der Waals surface area contributed by atoms with Crippen LogP contribution in [-0.4, -0.2) is 4.40 Å². The zero-order chi connectivity index (χ0) is 9.54. The Bertz CT molecular complexity index is 72.9. The molecule has 0 bridgehead atoms. The van der Waals surface area contributed by atoms with E-state index in [2.05, 4.69) is 13.8 Å². The molecule has 1 heteroatoms. The zero-order valence-corrected chi connectivity index (χ0v) is 10.9. The van der Waals surface area contributed by atoms with E-state index in [4.69, 9.17) is 6.58 Å². The zero-order valence-electron chi connectivity index (χ0n) is 8.00. The first-order chi connectivity index (χ1) is 5.33. The summed E-state index contributed by atoms with van der Waals surface area (Å²) in [5, 5.41) is 0. The van der Waals surface area contributed by atoms with Gasteiger partial charge in [-0.05, 0) is 0 Å². The van der Waals surface area contributed by atoms with E-state index in [-0.39, 0.29) is 0 Å². The average Bonchev–Trinajstić information content (AvgIpc) is 2.06. The van der Waals surface area contributed by atoms with Crippen LogP contribution in [0.25, 0.3) is 0 Å². The molecule has 0 radical (unpaired) electrons. The van der Waals surface area contributed by atoms with Crippen molar-refractivity contribution in [1.29, 1.82) is 0 Å². The minimum absolute atomic E-state index is 1.25.